The molecule has 0 saturated heterocycles. The molecule has 0 heterocycles. The number of carbonyl (C=O) groups is 1. The zero-order chi connectivity index (χ0) is 16.4. The van der Waals surface area contributed by atoms with Crippen molar-refractivity contribution in [3.05, 3.63) is 71.3 Å². The topological polar surface area (TPSA) is 49.3 Å². The van der Waals surface area contributed by atoms with Crippen molar-refractivity contribution >= 4 is 5.91 Å². The van der Waals surface area contributed by atoms with E-state index in [4.69, 9.17) is 0 Å². The highest BCUT2D eigenvalue weighted by Gasteiger charge is 2.52. The van der Waals surface area contributed by atoms with E-state index < -0.39 is 11.5 Å². The van der Waals surface area contributed by atoms with Crippen molar-refractivity contribution in [2.45, 2.75) is 24.4 Å². The van der Waals surface area contributed by atoms with Crippen molar-refractivity contribution in [1.82, 2.24) is 5.32 Å². The fourth-order valence-corrected chi connectivity index (χ4v) is 2.75. The lowest BCUT2D eigenvalue weighted by Crippen LogP contribution is -2.37. The molecule has 1 fully saturated rings. The fourth-order valence-electron chi connectivity index (χ4n) is 2.75. The Morgan fingerprint density at radius 3 is 2.39 bits per heavy atom. The Morgan fingerprint density at radius 1 is 1.13 bits per heavy atom. The van der Waals surface area contributed by atoms with Crippen LogP contribution in [-0.2, 0) is 10.2 Å². The van der Waals surface area contributed by atoms with E-state index >= 15 is 0 Å². The summed E-state index contributed by atoms with van der Waals surface area (Å²) >= 11 is 0. The number of hydrogen-bond acceptors (Lipinski definition) is 2. The van der Waals surface area contributed by atoms with Gasteiger partial charge in [0, 0.05) is 12.1 Å². The lowest BCUT2D eigenvalue weighted by molar-refractivity contribution is -0.124. The van der Waals surface area contributed by atoms with Crippen molar-refractivity contribution in [3.63, 3.8) is 0 Å². The molecule has 120 valence electrons. The van der Waals surface area contributed by atoms with Crippen LogP contribution in [0.4, 0.5) is 8.78 Å². The van der Waals surface area contributed by atoms with Crippen LogP contribution in [0.3, 0.4) is 0 Å². The van der Waals surface area contributed by atoms with Gasteiger partial charge in [0.2, 0.25) is 5.91 Å². The molecule has 1 saturated carbocycles. The Kier molecular flexibility index (Phi) is 4.13. The third-order valence-electron chi connectivity index (χ3n) is 4.28. The minimum Gasteiger partial charge on any atom is -0.387 e. The molecule has 0 aliphatic heterocycles. The summed E-state index contributed by atoms with van der Waals surface area (Å²) in [5, 5.41) is 12.7. The lowest BCUT2D eigenvalue weighted by atomic mass is 9.94. The molecule has 2 aromatic rings. The maximum atomic E-state index is 13.9. The number of hydrogen-bond donors (Lipinski definition) is 2. The summed E-state index contributed by atoms with van der Waals surface area (Å²) in [6, 6.07) is 11.7. The van der Waals surface area contributed by atoms with Gasteiger partial charge in [0.25, 0.3) is 0 Å². The standard InChI is InChI=1S/C18H17F2NO2/c19-13-7-5-12(6-8-13)16(22)11-21-17(23)18(9-10-18)14-3-1-2-4-15(14)20/h1-8,16,22H,9-11H2,(H,21,23). The summed E-state index contributed by atoms with van der Waals surface area (Å²) in [4.78, 5) is 12.4. The summed E-state index contributed by atoms with van der Waals surface area (Å²) in [7, 11) is 0. The first kappa shape index (κ1) is 15.6. The molecule has 1 amide bonds. The van der Waals surface area contributed by atoms with E-state index in [1.54, 1.807) is 18.2 Å². The molecule has 1 unspecified atom stereocenters. The number of nitrogens with one attached hydrogen (secondary N) is 1. The first-order valence-corrected chi connectivity index (χ1v) is 7.50. The van der Waals surface area contributed by atoms with E-state index in [1.807, 2.05) is 0 Å². The SMILES string of the molecule is O=C(NCC(O)c1ccc(F)cc1)C1(c2ccccc2F)CC1. The summed E-state index contributed by atoms with van der Waals surface area (Å²) in [5.74, 6) is -1.07. The molecule has 0 radical (unpaired) electrons. The van der Waals surface area contributed by atoms with E-state index in [9.17, 15) is 18.7 Å². The molecule has 5 heteroatoms. The Labute approximate surface area is 133 Å². The van der Waals surface area contributed by atoms with E-state index in [0.29, 0.717) is 24.0 Å². The van der Waals surface area contributed by atoms with Gasteiger partial charge in [0.15, 0.2) is 0 Å². The molecule has 1 atom stereocenters. The summed E-state index contributed by atoms with van der Waals surface area (Å²) in [5.41, 5.74) is 0.0876. The van der Waals surface area contributed by atoms with Gasteiger partial charge >= 0.3 is 0 Å². The highest BCUT2D eigenvalue weighted by atomic mass is 19.1. The third-order valence-corrected chi connectivity index (χ3v) is 4.28. The second-order valence-corrected chi connectivity index (χ2v) is 5.84. The summed E-state index contributed by atoms with van der Waals surface area (Å²) < 4.78 is 26.8. The smallest absolute Gasteiger partial charge is 0.230 e. The van der Waals surface area contributed by atoms with Crippen molar-refractivity contribution in [2.75, 3.05) is 6.54 Å². The van der Waals surface area contributed by atoms with Crippen LogP contribution < -0.4 is 5.32 Å². The molecule has 3 rings (SSSR count). The molecular formula is C18H17F2NO2. The average Bonchev–Trinajstić information content (AvgIpc) is 3.35. The minimum atomic E-state index is -0.934. The molecule has 1 aliphatic carbocycles. The molecule has 0 aromatic heterocycles. The van der Waals surface area contributed by atoms with Crippen LogP contribution in [0.15, 0.2) is 48.5 Å². The van der Waals surface area contributed by atoms with Crippen LogP contribution in [0.1, 0.15) is 30.1 Å². The van der Waals surface area contributed by atoms with Gasteiger partial charge in [-0.1, -0.05) is 30.3 Å². The van der Waals surface area contributed by atoms with Crippen molar-refractivity contribution in [1.29, 1.82) is 0 Å². The second-order valence-electron chi connectivity index (χ2n) is 5.84. The highest BCUT2D eigenvalue weighted by Crippen LogP contribution is 2.49. The molecule has 23 heavy (non-hydrogen) atoms. The van der Waals surface area contributed by atoms with Crippen LogP contribution in [0.5, 0.6) is 0 Å². The quantitative estimate of drug-likeness (QED) is 0.891. The van der Waals surface area contributed by atoms with E-state index in [1.165, 1.54) is 30.3 Å². The number of rotatable bonds is 5. The number of halogens is 2. The highest BCUT2D eigenvalue weighted by molar-refractivity contribution is 5.91. The van der Waals surface area contributed by atoms with Crippen LogP contribution in [-0.4, -0.2) is 17.6 Å². The maximum Gasteiger partial charge on any atom is 0.230 e. The van der Waals surface area contributed by atoms with Crippen LogP contribution in [0.2, 0.25) is 0 Å². The Balaban J connectivity index is 1.66. The monoisotopic (exact) mass is 317 g/mol. The zero-order valence-corrected chi connectivity index (χ0v) is 12.4. The second kappa shape index (κ2) is 6.08. The predicted octanol–water partition coefficient (Wildman–Crippen LogP) is 2.85. The Hall–Kier alpha value is -2.27. The molecule has 3 nitrogen and oxygen atoms in total. The molecule has 1 aliphatic rings. The van der Waals surface area contributed by atoms with Crippen LogP contribution >= 0.6 is 0 Å². The van der Waals surface area contributed by atoms with Crippen molar-refractivity contribution in [3.8, 4) is 0 Å². The predicted molar refractivity (Wildman–Crippen MR) is 81.7 cm³/mol. The van der Waals surface area contributed by atoms with E-state index in [0.717, 1.165) is 0 Å². The first-order chi connectivity index (χ1) is 11.0. The van der Waals surface area contributed by atoms with Gasteiger partial charge in [-0.2, -0.15) is 0 Å². The van der Waals surface area contributed by atoms with Crippen molar-refractivity contribution in [2.24, 2.45) is 0 Å². The molecule has 2 N–H and O–H groups in total. The normalized spacial score (nSPS) is 16.7. The molecule has 0 spiro atoms. The van der Waals surface area contributed by atoms with E-state index in [-0.39, 0.29) is 24.1 Å². The minimum absolute atomic E-state index is 0.000663. The van der Waals surface area contributed by atoms with Crippen molar-refractivity contribution < 1.29 is 18.7 Å². The van der Waals surface area contributed by atoms with Gasteiger partial charge in [-0.25, -0.2) is 8.78 Å². The van der Waals surface area contributed by atoms with Gasteiger partial charge in [0.05, 0.1) is 11.5 Å². The number of aliphatic hydroxyl groups excluding tert-OH is 1. The lowest BCUT2D eigenvalue weighted by Gasteiger charge is -2.18. The molecule has 2 aromatic carbocycles. The summed E-state index contributed by atoms with van der Waals surface area (Å²) in [6.07, 6.45) is 0.245. The largest absolute Gasteiger partial charge is 0.387 e. The Morgan fingerprint density at radius 2 is 1.78 bits per heavy atom. The van der Waals surface area contributed by atoms with Gasteiger partial charge in [-0.3, -0.25) is 4.79 Å². The number of amides is 1. The van der Waals surface area contributed by atoms with E-state index in [2.05, 4.69) is 5.32 Å². The summed E-state index contributed by atoms with van der Waals surface area (Å²) in [6.45, 7) is 0.000663. The van der Waals surface area contributed by atoms with Crippen LogP contribution in [0, 0.1) is 11.6 Å². The van der Waals surface area contributed by atoms with Gasteiger partial charge in [-0.15, -0.1) is 0 Å². The average molecular weight is 317 g/mol. The molecule has 0 bridgehead atoms. The number of carbonyl (C=O) groups excluding carboxylic acids is 1. The first-order valence-electron chi connectivity index (χ1n) is 7.50. The zero-order valence-electron chi connectivity index (χ0n) is 12.4. The van der Waals surface area contributed by atoms with Gasteiger partial charge < -0.3 is 10.4 Å². The van der Waals surface area contributed by atoms with Gasteiger partial charge in [-0.05, 0) is 36.6 Å². The molecular weight excluding hydrogens is 300 g/mol. The van der Waals surface area contributed by atoms with Crippen LogP contribution in [0.25, 0.3) is 0 Å². The number of aliphatic hydroxyl groups is 1. The maximum absolute atomic E-state index is 13.9. The Bertz CT molecular complexity index is 711. The fraction of sp³-hybridized carbons (Fsp3) is 0.278. The van der Waals surface area contributed by atoms with Gasteiger partial charge in [0.1, 0.15) is 11.6 Å². The number of benzene rings is 2. The third kappa shape index (κ3) is 3.10.